The Morgan fingerprint density at radius 1 is 1.67 bits per heavy atom. The van der Waals surface area contributed by atoms with Crippen LogP contribution < -0.4 is 5.32 Å². The van der Waals surface area contributed by atoms with Crippen LogP contribution in [0.15, 0.2) is 4.34 Å². The SMILES string of the molecule is COCCNc1nnc(SC(C)C#N)s1. The van der Waals surface area contributed by atoms with Crippen LogP contribution in [0.2, 0.25) is 0 Å². The zero-order chi connectivity index (χ0) is 11.1. The molecule has 1 aromatic rings. The van der Waals surface area contributed by atoms with Crippen LogP contribution in [0.3, 0.4) is 0 Å². The highest BCUT2D eigenvalue weighted by molar-refractivity contribution is 8.01. The van der Waals surface area contributed by atoms with Gasteiger partial charge in [0.15, 0.2) is 4.34 Å². The number of methoxy groups -OCH3 is 1. The third kappa shape index (κ3) is 4.46. The minimum absolute atomic E-state index is 0.0928. The second-order valence-corrected chi connectivity index (χ2v) is 5.25. The Kier molecular flexibility index (Phi) is 5.39. The second kappa shape index (κ2) is 6.61. The number of aromatic nitrogens is 2. The van der Waals surface area contributed by atoms with Crippen LogP contribution in [0.5, 0.6) is 0 Å². The minimum atomic E-state index is -0.0928. The molecule has 0 aliphatic rings. The number of ether oxygens (including phenoxy) is 1. The highest BCUT2D eigenvalue weighted by atomic mass is 32.2. The topological polar surface area (TPSA) is 70.8 Å². The Morgan fingerprint density at radius 3 is 3.13 bits per heavy atom. The van der Waals surface area contributed by atoms with E-state index >= 15 is 0 Å². The van der Waals surface area contributed by atoms with Gasteiger partial charge in [0.25, 0.3) is 0 Å². The molecule has 0 bridgehead atoms. The maximum absolute atomic E-state index is 8.63. The molecule has 0 aliphatic heterocycles. The molecule has 1 unspecified atom stereocenters. The van der Waals surface area contributed by atoms with Gasteiger partial charge in [0.05, 0.1) is 17.9 Å². The number of hydrogen-bond acceptors (Lipinski definition) is 7. The minimum Gasteiger partial charge on any atom is -0.383 e. The van der Waals surface area contributed by atoms with Crippen LogP contribution in [0.1, 0.15) is 6.92 Å². The summed E-state index contributed by atoms with van der Waals surface area (Å²) in [7, 11) is 1.65. The van der Waals surface area contributed by atoms with Crippen molar-refractivity contribution in [2.45, 2.75) is 16.5 Å². The number of nitriles is 1. The van der Waals surface area contributed by atoms with Crippen molar-refractivity contribution in [3.05, 3.63) is 0 Å². The smallest absolute Gasteiger partial charge is 0.206 e. The summed E-state index contributed by atoms with van der Waals surface area (Å²) in [5.74, 6) is 0. The first-order valence-corrected chi connectivity index (χ1v) is 6.08. The van der Waals surface area contributed by atoms with Gasteiger partial charge in [0.2, 0.25) is 5.13 Å². The van der Waals surface area contributed by atoms with E-state index in [2.05, 4.69) is 21.6 Å². The molecule has 15 heavy (non-hydrogen) atoms. The Morgan fingerprint density at radius 2 is 2.47 bits per heavy atom. The van der Waals surface area contributed by atoms with E-state index in [4.69, 9.17) is 10.00 Å². The van der Waals surface area contributed by atoms with Crippen LogP contribution >= 0.6 is 23.1 Å². The molecule has 1 aromatic heterocycles. The molecule has 1 atom stereocenters. The molecule has 0 radical (unpaired) electrons. The third-order valence-corrected chi connectivity index (χ3v) is 3.40. The van der Waals surface area contributed by atoms with Crippen LogP contribution in [-0.2, 0) is 4.74 Å². The van der Waals surface area contributed by atoms with Gasteiger partial charge in [-0.05, 0) is 6.92 Å². The van der Waals surface area contributed by atoms with E-state index in [0.717, 1.165) is 9.47 Å². The van der Waals surface area contributed by atoms with Crippen LogP contribution in [0.25, 0.3) is 0 Å². The van der Waals surface area contributed by atoms with Gasteiger partial charge in [-0.3, -0.25) is 0 Å². The Labute approximate surface area is 96.8 Å². The highest BCUT2D eigenvalue weighted by Gasteiger charge is 2.08. The Hall–Kier alpha value is -0.840. The standard InChI is InChI=1S/C8H12N4OS2/c1-6(5-9)14-8-12-11-7(15-8)10-3-4-13-2/h6H,3-4H2,1-2H3,(H,10,11). The fourth-order valence-corrected chi connectivity index (χ4v) is 2.57. The van der Waals surface area contributed by atoms with Crippen LogP contribution in [0, 0.1) is 11.3 Å². The Bertz CT molecular complexity index is 336. The molecular weight excluding hydrogens is 232 g/mol. The normalized spacial score (nSPS) is 12.1. The molecule has 7 heteroatoms. The number of hydrogen-bond donors (Lipinski definition) is 1. The lowest BCUT2D eigenvalue weighted by Crippen LogP contribution is -2.06. The van der Waals surface area contributed by atoms with Crippen molar-refractivity contribution in [1.82, 2.24) is 10.2 Å². The first-order valence-electron chi connectivity index (χ1n) is 4.39. The second-order valence-electron chi connectivity index (χ2n) is 2.68. The number of rotatable bonds is 6. The fraction of sp³-hybridized carbons (Fsp3) is 0.625. The fourth-order valence-electron chi connectivity index (χ4n) is 0.766. The zero-order valence-electron chi connectivity index (χ0n) is 8.56. The molecular formula is C8H12N4OS2. The average molecular weight is 244 g/mol. The van der Waals surface area contributed by atoms with Gasteiger partial charge in [-0.15, -0.1) is 10.2 Å². The van der Waals surface area contributed by atoms with Crippen molar-refractivity contribution in [3.8, 4) is 6.07 Å². The van der Waals surface area contributed by atoms with Crippen molar-refractivity contribution in [2.75, 3.05) is 25.6 Å². The van der Waals surface area contributed by atoms with Gasteiger partial charge < -0.3 is 10.1 Å². The predicted octanol–water partition coefficient (Wildman–Crippen LogP) is 1.60. The highest BCUT2D eigenvalue weighted by Crippen LogP contribution is 2.28. The van der Waals surface area contributed by atoms with E-state index in [9.17, 15) is 0 Å². The van der Waals surface area contributed by atoms with E-state index in [1.165, 1.54) is 23.1 Å². The van der Waals surface area contributed by atoms with Crippen molar-refractivity contribution >= 4 is 28.2 Å². The largest absolute Gasteiger partial charge is 0.383 e. The molecule has 82 valence electrons. The number of anilines is 1. The molecule has 5 nitrogen and oxygen atoms in total. The molecule has 0 aromatic carbocycles. The molecule has 0 fully saturated rings. The van der Waals surface area contributed by atoms with Gasteiger partial charge in [0.1, 0.15) is 0 Å². The molecule has 1 rings (SSSR count). The summed E-state index contributed by atoms with van der Waals surface area (Å²) in [4.78, 5) is 0. The summed E-state index contributed by atoms with van der Waals surface area (Å²) in [5, 5.41) is 20.3. The van der Waals surface area contributed by atoms with E-state index in [1.807, 2.05) is 6.92 Å². The maximum Gasteiger partial charge on any atom is 0.206 e. The monoisotopic (exact) mass is 244 g/mol. The number of nitrogens with zero attached hydrogens (tertiary/aromatic N) is 3. The Balaban J connectivity index is 2.39. The van der Waals surface area contributed by atoms with Crippen molar-refractivity contribution in [3.63, 3.8) is 0 Å². The zero-order valence-corrected chi connectivity index (χ0v) is 10.2. The maximum atomic E-state index is 8.63. The molecule has 1 N–H and O–H groups in total. The van der Waals surface area contributed by atoms with Crippen molar-refractivity contribution in [2.24, 2.45) is 0 Å². The summed E-state index contributed by atoms with van der Waals surface area (Å²) < 4.78 is 5.71. The van der Waals surface area contributed by atoms with E-state index in [0.29, 0.717) is 13.2 Å². The van der Waals surface area contributed by atoms with Gasteiger partial charge in [0, 0.05) is 13.7 Å². The lowest BCUT2D eigenvalue weighted by molar-refractivity contribution is 0.211. The molecule has 1 heterocycles. The average Bonchev–Trinajstić information content (AvgIpc) is 2.66. The summed E-state index contributed by atoms with van der Waals surface area (Å²) in [6.45, 7) is 3.18. The first-order chi connectivity index (χ1) is 7.26. The molecule has 0 spiro atoms. The third-order valence-electron chi connectivity index (χ3n) is 1.45. The molecule has 0 aliphatic carbocycles. The van der Waals surface area contributed by atoms with Crippen molar-refractivity contribution < 1.29 is 4.74 Å². The summed E-state index contributed by atoms with van der Waals surface area (Å²) in [5.41, 5.74) is 0. The molecule has 0 saturated carbocycles. The van der Waals surface area contributed by atoms with Crippen LogP contribution in [0.4, 0.5) is 5.13 Å². The molecule has 0 amide bonds. The van der Waals surface area contributed by atoms with Crippen molar-refractivity contribution in [1.29, 1.82) is 5.26 Å². The number of thioether (sulfide) groups is 1. The lowest BCUT2D eigenvalue weighted by atomic mass is 10.5. The molecule has 0 saturated heterocycles. The van der Waals surface area contributed by atoms with Crippen LogP contribution in [-0.4, -0.2) is 35.7 Å². The van der Waals surface area contributed by atoms with Gasteiger partial charge in [-0.2, -0.15) is 5.26 Å². The lowest BCUT2D eigenvalue weighted by Gasteiger charge is -1.98. The van der Waals surface area contributed by atoms with Gasteiger partial charge in [-0.25, -0.2) is 0 Å². The first kappa shape index (κ1) is 12.2. The summed E-state index contributed by atoms with van der Waals surface area (Å²) >= 11 is 2.87. The van der Waals surface area contributed by atoms with Gasteiger partial charge in [-0.1, -0.05) is 23.1 Å². The van der Waals surface area contributed by atoms with Gasteiger partial charge >= 0.3 is 0 Å². The predicted molar refractivity (Wildman–Crippen MR) is 61.2 cm³/mol. The van der Waals surface area contributed by atoms with E-state index in [-0.39, 0.29) is 5.25 Å². The number of nitrogens with one attached hydrogen (secondary N) is 1. The summed E-state index contributed by atoms with van der Waals surface area (Å²) in [6.07, 6.45) is 0. The van der Waals surface area contributed by atoms with E-state index < -0.39 is 0 Å². The van der Waals surface area contributed by atoms with E-state index in [1.54, 1.807) is 7.11 Å². The quantitative estimate of drug-likeness (QED) is 0.605. The summed E-state index contributed by atoms with van der Waals surface area (Å²) in [6, 6.07) is 2.14.